The topological polar surface area (TPSA) is 111 Å². The van der Waals surface area contributed by atoms with Crippen molar-refractivity contribution in [2.45, 2.75) is 309 Å². The van der Waals surface area contributed by atoms with E-state index in [4.69, 9.17) is 18.9 Å². The highest BCUT2D eigenvalue weighted by molar-refractivity contribution is 5.70. The van der Waals surface area contributed by atoms with Crippen LogP contribution in [0.15, 0.2) is 109 Å². The quantitative estimate of drug-likeness (QED) is 0.0195. The maximum atomic E-state index is 12.9. The summed E-state index contributed by atoms with van der Waals surface area (Å²) in [5, 5.41) is 11.8. The zero-order valence-electron chi connectivity index (χ0n) is 55.7. The van der Waals surface area contributed by atoms with Gasteiger partial charge < -0.3 is 33.3 Å². The van der Waals surface area contributed by atoms with Gasteiger partial charge in [-0.15, -0.1) is 0 Å². The van der Waals surface area contributed by atoms with Crippen LogP contribution < -0.4 is 5.11 Å². The van der Waals surface area contributed by atoms with Crippen LogP contribution in [-0.2, 0) is 33.3 Å². The van der Waals surface area contributed by atoms with E-state index < -0.39 is 24.3 Å². The van der Waals surface area contributed by atoms with E-state index in [0.717, 1.165) is 96.3 Å². The lowest BCUT2D eigenvalue weighted by Crippen LogP contribution is -2.44. The lowest BCUT2D eigenvalue weighted by Gasteiger charge is -2.26. The summed E-state index contributed by atoms with van der Waals surface area (Å²) in [6.07, 6.45) is 88.8. The first-order chi connectivity index (χ1) is 41.6. The van der Waals surface area contributed by atoms with Crippen LogP contribution in [0.4, 0.5) is 0 Å². The van der Waals surface area contributed by atoms with Gasteiger partial charge in [0.05, 0.1) is 40.3 Å². The maximum absolute atomic E-state index is 12.9. The molecule has 0 aromatic carbocycles. The Kier molecular flexibility index (Phi) is 62.8. The number of carboxylic acid groups (broad SMARTS) is 1. The second-order valence-electron chi connectivity index (χ2n) is 24.4. The van der Waals surface area contributed by atoms with Crippen LogP contribution in [0.5, 0.6) is 0 Å². The maximum Gasteiger partial charge on any atom is 0.306 e. The number of hydrogen-bond donors (Lipinski definition) is 0. The summed E-state index contributed by atoms with van der Waals surface area (Å²) in [4.78, 5) is 37.5. The standard InChI is InChI=1S/C76H131NO8/c1-6-8-10-12-14-16-18-20-22-24-26-28-30-32-34-36-37-39-41-43-45-47-49-51-53-55-57-59-61-63-65-67-74(79)85-72(71-84-76(75(80)81)82-69-68-77(3,4)5)70-83-73(78)66-64-62-60-58-56-54-52-50-48-46-44-42-40-38-35-33-31-29-27-25-23-21-19-17-15-13-11-9-7-2/h8-11,14-17,20-23,26-29,32,34,72,76H,6-7,12-13,18-19,24-25,30-31,33,35-71H2,1-5H3/b10-8-,11-9-,16-14-,17-15-,22-20-,23-21-,28-26-,29-27-,34-32-. The third-order valence-electron chi connectivity index (χ3n) is 15.0. The van der Waals surface area contributed by atoms with E-state index in [-0.39, 0.29) is 38.6 Å². The molecule has 0 rings (SSSR count). The van der Waals surface area contributed by atoms with Gasteiger partial charge in [-0.05, 0) is 96.3 Å². The zero-order chi connectivity index (χ0) is 61.9. The Balaban J connectivity index is 4.11. The van der Waals surface area contributed by atoms with Gasteiger partial charge in [0.15, 0.2) is 12.4 Å². The molecule has 0 aliphatic rings. The highest BCUT2D eigenvalue weighted by Crippen LogP contribution is 2.17. The number of quaternary nitrogens is 1. The minimum atomic E-state index is -1.63. The summed E-state index contributed by atoms with van der Waals surface area (Å²) in [6, 6.07) is 0. The second-order valence-corrected chi connectivity index (χ2v) is 24.4. The molecular formula is C76H131NO8. The third-order valence-corrected chi connectivity index (χ3v) is 15.0. The van der Waals surface area contributed by atoms with Crippen molar-refractivity contribution in [2.24, 2.45) is 0 Å². The fraction of sp³-hybridized carbons (Fsp3) is 0.724. The van der Waals surface area contributed by atoms with E-state index in [1.165, 1.54) is 167 Å². The lowest BCUT2D eigenvalue weighted by atomic mass is 10.0. The summed E-state index contributed by atoms with van der Waals surface area (Å²) in [6.45, 7) is 4.55. The monoisotopic (exact) mass is 1190 g/mol. The minimum absolute atomic E-state index is 0.145. The predicted octanol–water partition coefficient (Wildman–Crippen LogP) is 20.5. The fourth-order valence-electron chi connectivity index (χ4n) is 9.73. The number of aliphatic carboxylic acids is 1. The average Bonchev–Trinajstić information content (AvgIpc) is 3.49. The summed E-state index contributed by atoms with van der Waals surface area (Å²) < 4.78 is 22.8. The van der Waals surface area contributed by atoms with Gasteiger partial charge in [0.2, 0.25) is 0 Å². The molecule has 0 aromatic rings. The Morgan fingerprint density at radius 1 is 0.353 bits per heavy atom. The largest absolute Gasteiger partial charge is 0.545 e. The summed E-state index contributed by atoms with van der Waals surface area (Å²) in [5.74, 6) is -2.27. The van der Waals surface area contributed by atoms with Gasteiger partial charge in [0, 0.05) is 12.8 Å². The normalized spacial score (nSPS) is 13.4. The van der Waals surface area contributed by atoms with Crippen molar-refractivity contribution < 1.29 is 42.9 Å². The second kappa shape index (κ2) is 65.9. The fourth-order valence-corrected chi connectivity index (χ4v) is 9.73. The number of hydrogen-bond acceptors (Lipinski definition) is 8. The van der Waals surface area contributed by atoms with E-state index in [1.54, 1.807) is 0 Å². The van der Waals surface area contributed by atoms with Gasteiger partial charge in [0.25, 0.3) is 0 Å². The smallest absolute Gasteiger partial charge is 0.306 e. The van der Waals surface area contributed by atoms with Gasteiger partial charge in [-0.3, -0.25) is 9.59 Å². The Labute approximate surface area is 524 Å². The number of nitrogens with zero attached hydrogens (tertiary/aromatic N) is 1. The number of carbonyl (C=O) groups is 3. The number of rotatable bonds is 64. The molecule has 0 bridgehead atoms. The Hall–Kier alpha value is -4.05. The highest BCUT2D eigenvalue weighted by atomic mass is 16.7. The molecule has 0 aliphatic heterocycles. The number of ether oxygens (including phenoxy) is 4. The van der Waals surface area contributed by atoms with Gasteiger partial charge in [-0.1, -0.05) is 297 Å². The molecule has 0 spiro atoms. The number of carboxylic acids is 1. The number of carbonyl (C=O) groups excluding carboxylic acids is 3. The van der Waals surface area contributed by atoms with E-state index in [9.17, 15) is 19.5 Å². The van der Waals surface area contributed by atoms with Crippen LogP contribution in [0.3, 0.4) is 0 Å². The average molecular weight is 1190 g/mol. The zero-order valence-corrected chi connectivity index (χ0v) is 55.7. The number of allylic oxidation sites excluding steroid dienone is 18. The molecule has 2 atom stereocenters. The summed E-state index contributed by atoms with van der Waals surface area (Å²) in [7, 11) is 5.93. The molecule has 0 amide bonds. The van der Waals surface area contributed by atoms with Crippen molar-refractivity contribution in [1.82, 2.24) is 0 Å². The molecule has 9 nitrogen and oxygen atoms in total. The van der Waals surface area contributed by atoms with Crippen molar-refractivity contribution in [3.05, 3.63) is 109 Å². The first-order valence-corrected chi connectivity index (χ1v) is 35.0. The van der Waals surface area contributed by atoms with Crippen molar-refractivity contribution in [3.63, 3.8) is 0 Å². The van der Waals surface area contributed by atoms with Crippen LogP contribution in [0.1, 0.15) is 296 Å². The predicted molar refractivity (Wildman–Crippen MR) is 361 cm³/mol. The molecule has 0 saturated carbocycles. The third kappa shape index (κ3) is 67.3. The number of likely N-dealkylation sites (N-methyl/N-ethyl adjacent to an activating group) is 1. The Morgan fingerprint density at radius 2 is 0.635 bits per heavy atom. The summed E-state index contributed by atoms with van der Waals surface area (Å²) >= 11 is 0. The number of unbranched alkanes of at least 4 members (excludes halogenated alkanes) is 31. The van der Waals surface area contributed by atoms with Crippen LogP contribution >= 0.6 is 0 Å². The molecule has 488 valence electrons. The van der Waals surface area contributed by atoms with Crippen molar-refractivity contribution in [2.75, 3.05) is 47.5 Å². The van der Waals surface area contributed by atoms with Gasteiger partial charge >= 0.3 is 11.9 Å². The molecular weight excluding hydrogens is 1050 g/mol. The van der Waals surface area contributed by atoms with Gasteiger partial charge in [-0.25, -0.2) is 0 Å². The Bertz CT molecular complexity index is 1760. The van der Waals surface area contributed by atoms with Crippen LogP contribution in [0.25, 0.3) is 0 Å². The molecule has 0 radical (unpaired) electrons. The van der Waals surface area contributed by atoms with E-state index in [1.807, 2.05) is 21.1 Å². The molecule has 0 N–H and O–H groups in total. The van der Waals surface area contributed by atoms with Crippen LogP contribution in [-0.4, -0.2) is 82.3 Å². The SMILES string of the molecule is CC/C=C\C/C=C\C/C=C\C/C=C\C/C=C\CCCCCCCCCCCCCCCCCC(=O)OC(COC(=O)CCCCCCCCCCCCCCCCCC/C=C\C/C=C\C/C=C\C/C=C\CC)COC(OCC[N+](C)(C)C)C(=O)[O-]. The minimum Gasteiger partial charge on any atom is -0.545 e. The van der Waals surface area contributed by atoms with Gasteiger partial charge in [-0.2, -0.15) is 0 Å². The molecule has 0 aliphatic carbocycles. The van der Waals surface area contributed by atoms with Crippen LogP contribution in [0.2, 0.25) is 0 Å². The lowest BCUT2D eigenvalue weighted by molar-refractivity contribution is -0.870. The molecule has 2 unspecified atom stereocenters. The van der Waals surface area contributed by atoms with E-state index in [2.05, 4.69) is 123 Å². The Morgan fingerprint density at radius 3 is 0.941 bits per heavy atom. The van der Waals surface area contributed by atoms with E-state index >= 15 is 0 Å². The highest BCUT2D eigenvalue weighted by Gasteiger charge is 2.22. The molecule has 0 aromatic heterocycles. The molecule has 9 heteroatoms. The first kappa shape index (κ1) is 81.0. The van der Waals surface area contributed by atoms with Crippen LogP contribution in [0, 0.1) is 0 Å². The van der Waals surface area contributed by atoms with Gasteiger partial charge in [0.1, 0.15) is 13.2 Å². The van der Waals surface area contributed by atoms with E-state index in [0.29, 0.717) is 17.4 Å². The first-order valence-electron chi connectivity index (χ1n) is 35.0. The molecule has 85 heavy (non-hydrogen) atoms. The van der Waals surface area contributed by atoms with Crippen molar-refractivity contribution >= 4 is 17.9 Å². The number of esters is 2. The summed E-state index contributed by atoms with van der Waals surface area (Å²) in [5.41, 5.74) is 0. The molecule has 0 heterocycles. The molecule has 0 fully saturated rings. The van der Waals surface area contributed by atoms with Crippen molar-refractivity contribution in [3.8, 4) is 0 Å². The van der Waals surface area contributed by atoms with Crippen molar-refractivity contribution in [1.29, 1.82) is 0 Å². The molecule has 0 saturated heterocycles.